The minimum atomic E-state index is -0.579. The summed E-state index contributed by atoms with van der Waals surface area (Å²) in [4.78, 5) is 19.1. The SMILES string of the molecule is CC(=O)OCc1c(-c2c(F)cccc2Cl)c(Cl)nc2ncnn12. The average Bonchev–Trinajstić information content (AvgIpc) is 2.93. The average molecular weight is 355 g/mol. The Hall–Kier alpha value is -2.25. The van der Waals surface area contributed by atoms with Gasteiger partial charge in [-0.25, -0.2) is 4.39 Å². The number of rotatable bonds is 3. The van der Waals surface area contributed by atoms with Crippen LogP contribution in [0, 0.1) is 5.82 Å². The first kappa shape index (κ1) is 15.6. The molecule has 1 aromatic carbocycles. The molecule has 0 fully saturated rings. The van der Waals surface area contributed by atoms with E-state index in [-0.39, 0.29) is 33.7 Å². The molecule has 0 aliphatic rings. The van der Waals surface area contributed by atoms with Gasteiger partial charge in [-0.1, -0.05) is 29.3 Å². The molecule has 23 heavy (non-hydrogen) atoms. The Morgan fingerprint density at radius 3 is 2.83 bits per heavy atom. The Morgan fingerprint density at radius 2 is 2.13 bits per heavy atom. The van der Waals surface area contributed by atoms with Crippen LogP contribution in [0.25, 0.3) is 16.9 Å². The van der Waals surface area contributed by atoms with Crippen LogP contribution in [0.4, 0.5) is 4.39 Å². The van der Waals surface area contributed by atoms with Crippen LogP contribution < -0.4 is 0 Å². The van der Waals surface area contributed by atoms with Crippen LogP contribution in [0.2, 0.25) is 10.2 Å². The third kappa shape index (κ3) is 2.85. The highest BCUT2D eigenvalue weighted by Gasteiger charge is 2.22. The topological polar surface area (TPSA) is 69.4 Å². The lowest BCUT2D eigenvalue weighted by Crippen LogP contribution is -2.09. The molecule has 0 bridgehead atoms. The van der Waals surface area contributed by atoms with Crippen LogP contribution in [0.1, 0.15) is 12.6 Å². The predicted octanol–water partition coefficient (Wildman–Crippen LogP) is 3.30. The van der Waals surface area contributed by atoms with Crippen LogP contribution in [0.5, 0.6) is 0 Å². The van der Waals surface area contributed by atoms with E-state index >= 15 is 0 Å². The van der Waals surface area contributed by atoms with Gasteiger partial charge in [0.25, 0.3) is 5.78 Å². The quantitative estimate of drug-likeness (QED) is 0.533. The van der Waals surface area contributed by atoms with Crippen molar-refractivity contribution in [2.45, 2.75) is 13.5 Å². The Bertz CT molecular complexity index is 893. The third-order valence-corrected chi connectivity index (χ3v) is 3.69. The van der Waals surface area contributed by atoms with Crippen molar-refractivity contribution in [1.29, 1.82) is 0 Å². The monoisotopic (exact) mass is 354 g/mol. The first-order valence-corrected chi connectivity index (χ1v) is 7.20. The molecule has 0 aliphatic carbocycles. The molecule has 0 unspecified atom stereocenters. The summed E-state index contributed by atoms with van der Waals surface area (Å²) in [5.41, 5.74) is 0.583. The largest absolute Gasteiger partial charge is 0.459 e. The number of nitrogens with zero attached hydrogens (tertiary/aromatic N) is 4. The number of hydrogen-bond donors (Lipinski definition) is 0. The molecule has 6 nitrogen and oxygen atoms in total. The van der Waals surface area contributed by atoms with Crippen molar-refractivity contribution >= 4 is 34.9 Å². The summed E-state index contributed by atoms with van der Waals surface area (Å²) in [5, 5.41) is 4.15. The molecule has 2 aromatic heterocycles. The van der Waals surface area contributed by atoms with Crippen molar-refractivity contribution < 1.29 is 13.9 Å². The highest BCUT2D eigenvalue weighted by molar-refractivity contribution is 6.36. The summed E-state index contributed by atoms with van der Waals surface area (Å²) < 4.78 is 20.6. The summed E-state index contributed by atoms with van der Waals surface area (Å²) in [6, 6.07) is 4.25. The van der Waals surface area contributed by atoms with Crippen LogP contribution in [0.3, 0.4) is 0 Å². The molecule has 118 valence electrons. The molecule has 0 saturated heterocycles. The van der Waals surface area contributed by atoms with E-state index in [1.807, 2.05) is 0 Å². The fraction of sp³-hybridized carbons (Fsp3) is 0.143. The maximum atomic E-state index is 14.3. The predicted molar refractivity (Wildman–Crippen MR) is 81.7 cm³/mol. The van der Waals surface area contributed by atoms with Gasteiger partial charge in [0.1, 0.15) is 23.9 Å². The smallest absolute Gasteiger partial charge is 0.303 e. The second-order valence-corrected chi connectivity index (χ2v) is 5.34. The number of hydrogen-bond acceptors (Lipinski definition) is 5. The number of benzene rings is 1. The van der Waals surface area contributed by atoms with Crippen molar-refractivity contribution in [3.8, 4) is 11.1 Å². The molecule has 0 atom stereocenters. The summed E-state index contributed by atoms with van der Waals surface area (Å²) in [6.45, 7) is 1.08. The zero-order chi connectivity index (χ0) is 16.6. The van der Waals surface area contributed by atoms with Crippen molar-refractivity contribution in [2.24, 2.45) is 0 Å². The van der Waals surface area contributed by atoms with Gasteiger partial charge >= 0.3 is 5.97 Å². The first-order chi connectivity index (χ1) is 11.0. The Balaban J connectivity index is 2.32. The molecule has 0 amide bonds. The summed E-state index contributed by atoms with van der Waals surface area (Å²) in [5.74, 6) is -0.880. The van der Waals surface area contributed by atoms with E-state index < -0.39 is 11.8 Å². The lowest BCUT2D eigenvalue weighted by molar-refractivity contribution is -0.142. The van der Waals surface area contributed by atoms with Gasteiger partial charge in [-0.3, -0.25) is 4.79 Å². The van der Waals surface area contributed by atoms with Gasteiger partial charge in [0.05, 0.1) is 10.7 Å². The maximum Gasteiger partial charge on any atom is 0.303 e. The molecule has 0 N–H and O–H groups in total. The molecule has 2 heterocycles. The lowest BCUT2D eigenvalue weighted by Gasteiger charge is -2.14. The van der Waals surface area contributed by atoms with Gasteiger partial charge in [0.15, 0.2) is 0 Å². The van der Waals surface area contributed by atoms with Gasteiger partial charge in [0, 0.05) is 18.1 Å². The standard InChI is InChI=1S/C14H9Cl2FN4O2/c1-7(22)23-5-10-12(11-8(15)3-2-4-9(11)17)13(16)20-14-18-6-19-21(10)14/h2-4,6H,5H2,1H3. The van der Waals surface area contributed by atoms with Crippen molar-refractivity contribution in [2.75, 3.05) is 0 Å². The number of halogens is 3. The normalized spacial score (nSPS) is 11.0. The molecule has 3 aromatic rings. The van der Waals surface area contributed by atoms with Gasteiger partial charge in [-0.15, -0.1) is 0 Å². The van der Waals surface area contributed by atoms with E-state index in [1.165, 1.54) is 36.0 Å². The number of esters is 1. The van der Waals surface area contributed by atoms with E-state index in [9.17, 15) is 9.18 Å². The fourth-order valence-electron chi connectivity index (χ4n) is 2.16. The highest BCUT2D eigenvalue weighted by atomic mass is 35.5. The van der Waals surface area contributed by atoms with Crippen molar-refractivity contribution in [3.63, 3.8) is 0 Å². The minimum absolute atomic E-state index is 0.0142. The maximum absolute atomic E-state index is 14.3. The molecule has 0 spiro atoms. The second kappa shape index (κ2) is 6.10. The molecule has 9 heteroatoms. The summed E-state index contributed by atoms with van der Waals surface area (Å²) >= 11 is 12.3. The van der Waals surface area contributed by atoms with E-state index in [0.717, 1.165) is 0 Å². The minimum Gasteiger partial charge on any atom is -0.459 e. The molecule has 0 saturated carbocycles. The molecule has 0 aliphatic heterocycles. The van der Waals surface area contributed by atoms with E-state index in [0.29, 0.717) is 5.69 Å². The first-order valence-electron chi connectivity index (χ1n) is 6.45. The molecule has 0 radical (unpaired) electrons. The van der Waals surface area contributed by atoms with E-state index in [2.05, 4.69) is 15.1 Å². The van der Waals surface area contributed by atoms with E-state index in [4.69, 9.17) is 27.9 Å². The highest BCUT2D eigenvalue weighted by Crippen LogP contribution is 2.37. The molecular formula is C14H9Cl2FN4O2. The zero-order valence-corrected chi connectivity index (χ0v) is 13.3. The summed E-state index contributed by atoms with van der Waals surface area (Å²) in [7, 11) is 0. The second-order valence-electron chi connectivity index (χ2n) is 4.57. The van der Waals surface area contributed by atoms with Crippen LogP contribution in [-0.4, -0.2) is 25.6 Å². The molecular weight excluding hydrogens is 346 g/mol. The Labute approximate surface area is 139 Å². The number of carbonyl (C=O) groups is 1. The zero-order valence-electron chi connectivity index (χ0n) is 11.8. The van der Waals surface area contributed by atoms with Crippen molar-refractivity contribution in [1.82, 2.24) is 19.6 Å². The van der Waals surface area contributed by atoms with Crippen LogP contribution in [-0.2, 0) is 16.1 Å². The van der Waals surface area contributed by atoms with Gasteiger partial charge in [-0.2, -0.15) is 19.6 Å². The third-order valence-electron chi connectivity index (χ3n) is 3.10. The molecule has 3 rings (SSSR count). The lowest BCUT2D eigenvalue weighted by atomic mass is 10.0. The van der Waals surface area contributed by atoms with Crippen LogP contribution >= 0.6 is 23.2 Å². The van der Waals surface area contributed by atoms with Gasteiger partial charge < -0.3 is 4.74 Å². The number of fused-ring (bicyclic) bond motifs is 1. The van der Waals surface area contributed by atoms with E-state index in [1.54, 1.807) is 0 Å². The van der Waals surface area contributed by atoms with Crippen LogP contribution in [0.15, 0.2) is 24.5 Å². The number of aromatic nitrogens is 4. The summed E-state index contributed by atoms with van der Waals surface area (Å²) in [6.07, 6.45) is 1.27. The fourth-order valence-corrected chi connectivity index (χ4v) is 2.69. The van der Waals surface area contributed by atoms with Gasteiger partial charge in [-0.05, 0) is 12.1 Å². The van der Waals surface area contributed by atoms with Gasteiger partial charge in [0.2, 0.25) is 0 Å². The van der Waals surface area contributed by atoms with Crippen molar-refractivity contribution in [3.05, 3.63) is 46.2 Å². The Kier molecular flexibility index (Phi) is 4.14. The Morgan fingerprint density at radius 1 is 1.35 bits per heavy atom. The number of ether oxygens (including phenoxy) is 1. The number of carbonyl (C=O) groups excluding carboxylic acids is 1.